The minimum atomic E-state index is -0.761. The van der Waals surface area contributed by atoms with Crippen molar-refractivity contribution in [2.24, 2.45) is 0 Å². The third kappa shape index (κ3) is 5.15. The quantitative estimate of drug-likeness (QED) is 0.563. The Balaban J connectivity index is 2.34. The number of carbonyl (C=O) groups excluding carboxylic acids is 1. The summed E-state index contributed by atoms with van der Waals surface area (Å²) < 4.78 is 0. The summed E-state index contributed by atoms with van der Waals surface area (Å²) in [5.41, 5.74) is 1.58. The number of carboxylic acid groups (broad SMARTS) is 1. The molecule has 92 valence electrons. The van der Waals surface area contributed by atoms with Crippen molar-refractivity contribution in [1.29, 1.82) is 0 Å². The summed E-state index contributed by atoms with van der Waals surface area (Å²) >= 11 is 0. The van der Waals surface area contributed by atoms with Crippen molar-refractivity contribution in [1.82, 2.24) is 0 Å². The van der Waals surface area contributed by atoms with E-state index >= 15 is 0 Å². The number of nitrogens with one attached hydrogen (secondary N) is 1. The Hall–Kier alpha value is -1.84. The highest BCUT2D eigenvalue weighted by Gasteiger charge is 2.00. The summed E-state index contributed by atoms with van der Waals surface area (Å²) in [6.07, 6.45) is 1.67. The lowest BCUT2D eigenvalue weighted by molar-refractivity contribution is -0.137. The molecule has 0 fully saturated rings. The molecule has 1 rings (SSSR count). The monoisotopic (exact) mass is 235 g/mol. The number of anilines is 1. The fourth-order valence-corrected chi connectivity index (χ4v) is 1.48. The van der Waals surface area contributed by atoms with Crippen LogP contribution in [0.5, 0.6) is 0 Å². The first-order chi connectivity index (χ1) is 8.09. The largest absolute Gasteiger partial charge is 0.481 e. The molecule has 4 heteroatoms. The first-order valence-electron chi connectivity index (χ1n) is 5.66. The van der Waals surface area contributed by atoms with Gasteiger partial charge in [0.1, 0.15) is 0 Å². The number of benzene rings is 1. The Bertz CT molecular complexity index is 401. The molecule has 0 saturated carbocycles. The van der Waals surface area contributed by atoms with Gasteiger partial charge in [0.2, 0.25) is 0 Å². The zero-order valence-corrected chi connectivity index (χ0v) is 9.90. The van der Waals surface area contributed by atoms with Crippen molar-refractivity contribution in [3.05, 3.63) is 29.8 Å². The van der Waals surface area contributed by atoms with Crippen LogP contribution >= 0.6 is 0 Å². The number of Topliss-reactive ketones (excluding diaryl/α,β-unsaturated/α-hetero) is 1. The Morgan fingerprint density at radius 1 is 1.29 bits per heavy atom. The van der Waals surface area contributed by atoms with E-state index in [1.165, 1.54) is 6.92 Å². The van der Waals surface area contributed by atoms with Crippen LogP contribution in [0.4, 0.5) is 5.69 Å². The first-order valence-corrected chi connectivity index (χ1v) is 5.66. The summed E-state index contributed by atoms with van der Waals surface area (Å²) in [4.78, 5) is 21.4. The number of hydrogen-bond acceptors (Lipinski definition) is 3. The van der Waals surface area contributed by atoms with Crippen LogP contribution < -0.4 is 5.32 Å². The summed E-state index contributed by atoms with van der Waals surface area (Å²) in [7, 11) is 0. The molecule has 0 spiro atoms. The second kappa shape index (κ2) is 6.68. The highest BCUT2D eigenvalue weighted by atomic mass is 16.4. The molecule has 0 atom stereocenters. The fourth-order valence-electron chi connectivity index (χ4n) is 1.48. The van der Waals surface area contributed by atoms with Crippen molar-refractivity contribution in [3.8, 4) is 0 Å². The predicted octanol–water partition coefficient (Wildman–Crippen LogP) is 2.56. The molecular formula is C13H17NO3. The van der Waals surface area contributed by atoms with Crippen LogP contribution in [-0.4, -0.2) is 23.4 Å². The van der Waals surface area contributed by atoms with Crippen LogP contribution in [-0.2, 0) is 4.79 Å². The van der Waals surface area contributed by atoms with Gasteiger partial charge in [0.05, 0.1) is 0 Å². The topological polar surface area (TPSA) is 66.4 Å². The molecule has 0 aliphatic rings. The van der Waals surface area contributed by atoms with Gasteiger partial charge >= 0.3 is 5.97 Å². The number of hydrogen-bond donors (Lipinski definition) is 2. The average Bonchev–Trinajstić information content (AvgIpc) is 2.28. The normalized spacial score (nSPS) is 9.94. The van der Waals surface area contributed by atoms with Crippen molar-refractivity contribution in [2.75, 3.05) is 11.9 Å². The van der Waals surface area contributed by atoms with Gasteiger partial charge in [-0.25, -0.2) is 0 Å². The summed E-state index contributed by atoms with van der Waals surface area (Å²) in [6, 6.07) is 7.30. The van der Waals surface area contributed by atoms with E-state index in [4.69, 9.17) is 5.11 Å². The van der Waals surface area contributed by atoms with Crippen LogP contribution in [0.25, 0.3) is 0 Å². The molecule has 0 aromatic heterocycles. The smallest absolute Gasteiger partial charge is 0.303 e. The first kappa shape index (κ1) is 13.2. The Kier molecular flexibility index (Phi) is 5.20. The number of ketones is 1. The molecular weight excluding hydrogens is 218 g/mol. The lowest BCUT2D eigenvalue weighted by Crippen LogP contribution is -2.04. The maximum Gasteiger partial charge on any atom is 0.303 e. The highest BCUT2D eigenvalue weighted by Crippen LogP contribution is 2.11. The predicted molar refractivity (Wildman–Crippen MR) is 66.4 cm³/mol. The van der Waals surface area contributed by atoms with Gasteiger partial charge in [0.15, 0.2) is 5.78 Å². The van der Waals surface area contributed by atoms with E-state index in [1.54, 1.807) is 12.1 Å². The van der Waals surface area contributed by atoms with Gasteiger partial charge in [-0.3, -0.25) is 9.59 Å². The van der Waals surface area contributed by atoms with E-state index in [0.29, 0.717) is 18.5 Å². The molecule has 0 aliphatic heterocycles. The van der Waals surface area contributed by atoms with E-state index < -0.39 is 5.97 Å². The Morgan fingerprint density at radius 2 is 2.06 bits per heavy atom. The summed E-state index contributed by atoms with van der Waals surface area (Å²) in [6.45, 7) is 2.25. The highest BCUT2D eigenvalue weighted by molar-refractivity contribution is 5.94. The van der Waals surface area contributed by atoms with E-state index in [9.17, 15) is 9.59 Å². The molecule has 0 saturated heterocycles. The molecule has 0 amide bonds. The van der Waals surface area contributed by atoms with Crippen molar-refractivity contribution < 1.29 is 14.7 Å². The van der Waals surface area contributed by atoms with Crippen molar-refractivity contribution >= 4 is 17.4 Å². The molecule has 0 radical (unpaired) electrons. The minimum absolute atomic E-state index is 0.0412. The third-order valence-electron chi connectivity index (χ3n) is 2.42. The zero-order valence-electron chi connectivity index (χ0n) is 9.90. The minimum Gasteiger partial charge on any atom is -0.481 e. The average molecular weight is 235 g/mol. The standard InChI is InChI=1S/C13H17NO3/c1-10(15)11-5-4-6-12(9-11)14-8-3-2-7-13(16)17/h4-6,9,14H,2-3,7-8H2,1H3,(H,16,17). The fraction of sp³-hybridized carbons (Fsp3) is 0.385. The molecule has 0 unspecified atom stereocenters. The Labute approximate surface area is 101 Å². The van der Waals surface area contributed by atoms with Gasteiger partial charge in [-0.05, 0) is 31.9 Å². The second-order valence-corrected chi connectivity index (χ2v) is 3.91. The van der Waals surface area contributed by atoms with Gasteiger partial charge in [-0.2, -0.15) is 0 Å². The lowest BCUT2D eigenvalue weighted by atomic mass is 10.1. The van der Waals surface area contributed by atoms with Gasteiger partial charge in [0, 0.05) is 24.2 Å². The SMILES string of the molecule is CC(=O)c1cccc(NCCCCC(=O)O)c1. The van der Waals surface area contributed by atoms with Gasteiger partial charge in [0.25, 0.3) is 0 Å². The van der Waals surface area contributed by atoms with Crippen molar-refractivity contribution in [3.63, 3.8) is 0 Å². The van der Waals surface area contributed by atoms with Crippen molar-refractivity contribution in [2.45, 2.75) is 26.2 Å². The summed E-state index contributed by atoms with van der Waals surface area (Å²) in [5.74, 6) is -0.719. The molecule has 4 nitrogen and oxygen atoms in total. The molecule has 0 bridgehead atoms. The number of carboxylic acids is 1. The zero-order chi connectivity index (χ0) is 12.7. The van der Waals surface area contributed by atoms with Crippen LogP contribution in [0.2, 0.25) is 0 Å². The number of carbonyl (C=O) groups is 2. The van der Waals surface area contributed by atoms with Crippen LogP contribution in [0.3, 0.4) is 0 Å². The molecule has 17 heavy (non-hydrogen) atoms. The van der Waals surface area contributed by atoms with Gasteiger partial charge < -0.3 is 10.4 Å². The summed E-state index contributed by atoms with van der Waals surface area (Å²) in [5, 5.41) is 11.6. The number of unbranched alkanes of at least 4 members (excludes halogenated alkanes) is 1. The van der Waals surface area contributed by atoms with E-state index in [0.717, 1.165) is 12.1 Å². The van der Waals surface area contributed by atoms with E-state index in [1.807, 2.05) is 12.1 Å². The van der Waals surface area contributed by atoms with E-state index in [2.05, 4.69) is 5.32 Å². The van der Waals surface area contributed by atoms with Gasteiger partial charge in [-0.15, -0.1) is 0 Å². The van der Waals surface area contributed by atoms with Crippen LogP contribution in [0, 0.1) is 0 Å². The maximum absolute atomic E-state index is 11.2. The number of aliphatic carboxylic acids is 1. The maximum atomic E-state index is 11.2. The molecule has 1 aromatic rings. The van der Waals surface area contributed by atoms with E-state index in [-0.39, 0.29) is 12.2 Å². The molecule has 0 aliphatic carbocycles. The molecule has 1 aromatic carbocycles. The van der Waals surface area contributed by atoms with Crippen LogP contribution in [0.15, 0.2) is 24.3 Å². The number of rotatable bonds is 7. The molecule has 2 N–H and O–H groups in total. The Morgan fingerprint density at radius 3 is 2.71 bits per heavy atom. The van der Waals surface area contributed by atoms with Crippen LogP contribution in [0.1, 0.15) is 36.5 Å². The van der Waals surface area contributed by atoms with Gasteiger partial charge in [-0.1, -0.05) is 12.1 Å². The molecule has 0 heterocycles. The lowest BCUT2D eigenvalue weighted by Gasteiger charge is -2.06. The third-order valence-corrected chi connectivity index (χ3v) is 2.42. The second-order valence-electron chi connectivity index (χ2n) is 3.91.